The molecule has 4 aliphatic carbocycles. The van der Waals surface area contributed by atoms with Crippen molar-refractivity contribution in [2.45, 2.75) is 95.7 Å². The van der Waals surface area contributed by atoms with Crippen molar-refractivity contribution in [1.82, 2.24) is 14.5 Å². The number of hydrogen-bond acceptors (Lipinski definition) is 7. The van der Waals surface area contributed by atoms with E-state index in [1.165, 1.54) is 12.1 Å². The summed E-state index contributed by atoms with van der Waals surface area (Å²) in [5.41, 5.74) is 0.927. The average Bonchev–Trinajstić information content (AvgIpc) is 3.63. The van der Waals surface area contributed by atoms with E-state index in [1.54, 1.807) is 35.3 Å². The molecule has 0 bridgehead atoms. The van der Waals surface area contributed by atoms with Gasteiger partial charge >= 0.3 is 6.09 Å². The summed E-state index contributed by atoms with van der Waals surface area (Å²) in [6.45, 7) is 7.15. The summed E-state index contributed by atoms with van der Waals surface area (Å²) in [5.74, 6) is 2.10. The van der Waals surface area contributed by atoms with Crippen LogP contribution in [-0.4, -0.2) is 53.3 Å². The summed E-state index contributed by atoms with van der Waals surface area (Å²) >= 11 is 0. The van der Waals surface area contributed by atoms with E-state index in [1.807, 2.05) is 4.72 Å². The molecule has 1 heterocycles. The monoisotopic (exact) mass is 613 g/mol. The molecule has 0 aliphatic heterocycles. The van der Waals surface area contributed by atoms with E-state index >= 15 is 0 Å². The van der Waals surface area contributed by atoms with Crippen molar-refractivity contribution in [3.8, 4) is 5.69 Å². The molecule has 1 aromatic carbocycles. The van der Waals surface area contributed by atoms with Crippen LogP contribution in [0.4, 0.5) is 4.79 Å². The van der Waals surface area contributed by atoms with Gasteiger partial charge in [-0.1, -0.05) is 27.2 Å². The summed E-state index contributed by atoms with van der Waals surface area (Å²) in [6, 6.07) is 7.90. The minimum absolute atomic E-state index is 0.0249. The maximum absolute atomic E-state index is 12.8. The van der Waals surface area contributed by atoms with Gasteiger partial charge in [0.05, 0.1) is 29.4 Å². The maximum Gasteiger partial charge on any atom is 0.421 e. The lowest BCUT2D eigenvalue weighted by atomic mass is 9.41. The Kier molecular flexibility index (Phi) is 8.18. The molecule has 3 N–H and O–H groups in total. The van der Waals surface area contributed by atoms with Gasteiger partial charge < -0.3 is 14.9 Å². The van der Waals surface area contributed by atoms with Crippen LogP contribution in [0.2, 0.25) is 0 Å². The van der Waals surface area contributed by atoms with Gasteiger partial charge in [-0.25, -0.2) is 22.6 Å². The fourth-order valence-corrected chi connectivity index (χ4v) is 11.1. The van der Waals surface area contributed by atoms with Gasteiger partial charge in [-0.05, 0) is 128 Å². The van der Waals surface area contributed by atoms with Gasteiger partial charge in [0.25, 0.3) is 10.0 Å². The van der Waals surface area contributed by atoms with E-state index in [0.29, 0.717) is 35.8 Å². The highest BCUT2D eigenvalue weighted by Gasteiger charge is 2.64. The second kappa shape index (κ2) is 11.5. The summed E-state index contributed by atoms with van der Waals surface area (Å²) in [4.78, 5) is 12.5. The van der Waals surface area contributed by atoms with Gasteiger partial charge in [0, 0.05) is 12.4 Å². The molecule has 10 atom stereocenters. The minimum Gasteiger partial charge on any atom is -0.449 e. The van der Waals surface area contributed by atoms with Crippen molar-refractivity contribution >= 4 is 16.1 Å². The molecule has 1 amide bonds. The predicted molar refractivity (Wildman–Crippen MR) is 162 cm³/mol. The molecule has 4 aliphatic rings. The fourth-order valence-electron chi connectivity index (χ4n) is 10.2. The van der Waals surface area contributed by atoms with Crippen LogP contribution in [0.25, 0.3) is 5.69 Å². The van der Waals surface area contributed by atoms with Crippen molar-refractivity contribution in [1.29, 1.82) is 0 Å². The first kappa shape index (κ1) is 30.6. The molecule has 1 aromatic heterocycles. The number of sulfonamides is 1. The Morgan fingerprint density at radius 3 is 2.47 bits per heavy atom. The van der Waals surface area contributed by atoms with Crippen LogP contribution < -0.4 is 4.72 Å². The van der Waals surface area contributed by atoms with E-state index in [2.05, 4.69) is 25.9 Å². The van der Waals surface area contributed by atoms with Crippen LogP contribution in [0.3, 0.4) is 0 Å². The molecule has 4 saturated carbocycles. The average molecular weight is 614 g/mol. The number of carbonyl (C=O) groups is 1. The topological polar surface area (TPSA) is 131 Å². The Morgan fingerprint density at radius 2 is 1.77 bits per heavy atom. The Balaban J connectivity index is 1.07. The lowest BCUT2D eigenvalue weighted by molar-refractivity contribution is -0.202. The number of fused-ring (bicyclic) bond motifs is 5. The van der Waals surface area contributed by atoms with E-state index < -0.39 is 16.1 Å². The van der Waals surface area contributed by atoms with Crippen LogP contribution in [0.1, 0.15) is 78.6 Å². The zero-order chi connectivity index (χ0) is 30.6. The number of nitrogens with zero attached hydrogens (tertiary/aromatic N) is 2. The number of amides is 1. The molecule has 0 spiro atoms. The van der Waals surface area contributed by atoms with Gasteiger partial charge in [0.15, 0.2) is 0 Å². The van der Waals surface area contributed by atoms with Crippen LogP contribution in [0.15, 0.2) is 47.6 Å². The highest BCUT2D eigenvalue weighted by atomic mass is 32.2. The number of aromatic nitrogens is 2. The van der Waals surface area contributed by atoms with Gasteiger partial charge in [-0.15, -0.1) is 0 Å². The quantitative estimate of drug-likeness (QED) is 0.386. The summed E-state index contributed by atoms with van der Waals surface area (Å²) < 4.78 is 34.6. The normalized spacial score (nSPS) is 38.9. The standard InChI is InChI=1S/C33H47N3O6S/c1-4-25-28-20-23(37)12-15-33(28,3)27-13-16-32(2)21(6-11-26(32)29(27)30(25)38)14-19-42-31(39)35-43(40,41)24-9-7-22(8-10-24)36-18-5-17-34-36/h5,7-10,17-18,21,23,25-30,37-38H,4,6,11-16,19-20H2,1-3H3,(H,35,39)/t21-,23-,25-,26+,27+,28+,29+,30-,32-,33-/m1/s1. The Morgan fingerprint density at radius 1 is 1.05 bits per heavy atom. The highest BCUT2D eigenvalue weighted by molar-refractivity contribution is 7.90. The number of rotatable bonds is 7. The molecule has 9 nitrogen and oxygen atoms in total. The third kappa shape index (κ3) is 5.31. The van der Waals surface area contributed by atoms with Gasteiger partial charge in [0.2, 0.25) is 0 Å². The van der Waals surface area contributed by atoms with Crippen LogP contribution in [-0.2, 0) is 14.8 Å². The second-order valence-corrected chi connectivity index (χ2v) is 15.9. The van der Waals surface area contributed by atoms with E-state index in [-0.39, 0.29) is 46.4 Å². The molecule has 0 radical (unpaired) electrons. The number of hydrogen-bond donors (Lipinski definition) is 3. The van der Waals surface area contributed by atoms with E-state index in [9.17, 15) is 23.4 Å². The third-order valence-corrected chi connectivity index (χ3v) is 13.7. The molecule has 10 heteroatoms. The number of aliphatic hydroxyl groups excluding tert-OH is 2. The lowest BCUT2D eigenvalue weighted by Gasteiger charge is -2.64. The number of benzene rings is 1. The number of carbonyl (C=O) groups excluding carboxylic acids is 1. The van der Waals surface area contributed by atoms with Crippen molar-refractivity contribution in [2.24, 2.45) is 46.3 Å². The second-order valence-electron chi connectivity index (χ2n) is 14.2. The molecule has 236 valence electrons. The lowest BCUT2D eigenvalue weighted by Crippen LogP contribution is -2.62. The van der Waals surface area contributed by atoms with E-state index in [4.69, 9.17) is 4.74 Å². The largest absolute Gasteiger partial charge is 0.449 e. The first-order valence-corrected chi connectivity index (χ1v) is 17.6. The molecular formula is C33H47N3O6S. The van der Waals surface area contributed by atoms with Crippen molar-refractivity contribution in [2.75, 3.05) is 6.61 Å². The first-order chi connectivity index (χ1) is 20.5. The molecule has 0 saturated heterocycles. The molecule has 2 aromatic rings. The van der Waals surface area contributed by atoms with Crippen molar-refractivity contribution in [3.63, 3.8) is 0 Å². The Bertz CT molecular complexity index is 1400. The van der Waals surface area contributed by atoms with E-state index in [0.717, 1.165) is 51.4 Å². The third-order valence-electron chi connectivity index (χ3n) is 12.4. The molecule has 0 unspecified atom stereocenters. The Hall–Kier alpha value is -2.43. The fraction of sp³-hybridized carbons (Fsp3) is 0.697. The van der Waals surface area contributed by atoms with Crippen molar-refractivity contribution < 1.29 is 28.2 Å². The zero-order valence-corrected chi connectivity index (χ0v) is 26.4. The summed E-state index contributed by atoms with van der Waals surface area (Å²) in [5, 5.41) is 26.5. The Labute approximate surface area is 255 Å². The summed E-state index contributed by atoms with van der Waals surface area (Å²) in [7, 11) is -4.07. The van der Waals surface area contributed by atoms with Crippen LogP contribution >= 0.6 is 0 Å². The molecule has 43 heavy (non-hydrogen) atoms. The van der Waals surface area contributed by atoms with Crippen molar-refractivity contribution in [3.05, 3.63) is 42.7 Å². The smallest absolute Gasteiger partial charge is 0.421 e. The van der Waals surface area contributed by atoms with Gasteiger partial charge in [-0.3, -0.25) is 0 Å². The highest BCUT2D eigenvalue weighted by Crippen LogP contribution is 2.69. The molecule has 4 fully saturated rings. The zero-order valence-electron chi connectivity index (χ0n) is 25.6. The molecule has 6 rings (SSSR count). The van der Waals surface area contributed by atoms with Gasteiger partial charge in [0.1, 0.15) is 0 Å². The summed E-state index contributed by atoms with van der Waals surface area (Å²) in [6.07, 6.45) is 10.4. The number of aliphatic hydroxyl groups is 2. The van der Waals surface area contributed by atoms with Gasteiger partial charge in [-0.2, -0.15) is 5.10 Å². The maximum atomic E-state index is 12.8. The first-order valence-electron chi connectivity index (χ1n) is 16.1. The minimum atomic E-state index is -4.07. The predicted octanol–water partition coefficient (Wildman–Crippen LogP) is 5.30. The number of nitrogens with one attached hydrogen (secondary N) is 1. The van der Waals surface area contributed by atoms with Crippen LogP contribution in [0.5, 0.6) is 0 Å². The molecular weight excluding hydrogens is 566 g/mol. The SMILES string of the molecule is CC[C@H]1[C@@H](O)[C@@H]2[C@H](CC[C@]3(C)[C@@H](CCOC(=O)NS(=O)(=O)c4ccc(-n5cccn5)cc4)CC[C@@H]23)[C@@]2(C)CC[C@@H](O)C[C@@H]12. The number of ether oxygens (including phenoxy) is 1. The van der Waals surface area contributed by atoms with Crippen LogP contribution in [0, 0.1) is 46.3 Å².